The number of esters is 1. The molecule has 0 spiro atoms. The molecule has 0 aliphatic heterocycles. The number of halogens is 1. The fraction of sp³-hybridized carbons (Fsp3) is 0.500. The summed E-state index contributed by atoms with van der Waals surface area (Å²) >= 11 is 0. The zero-order chi connectivity index (χ0) is 13.4. The maximum Gasteiger partial charge on any atom is 0.341 e. The van der Waals surface area contributed by atoms with Crippen molar-refractivity contribution >= 4 is 11.7 Å². The van der Waals surface area contributed by atoms with Gasteiger partial charge in [0.05, 0.1) is 12.2 Å². The molecule has 0 saturated heterocycles. The number of anilines is 1. The van der Waals surface area contributed by atoms with E-state index in [1.807, 2.05) is 0 Å². The van der Waals surface area contributed by atoms with Gasteiger partial charge in [-0.3, -0.25) is 0 Å². The van der Waals surface area contributed by atoms with Crippen molar-refractivity contribution in [2.24, 2.45) is 0 Å². The number of benzene rings is 1. The van der Waals surface area contributed by atoms with Crippen LogP contribution < -0.4 is 5.73 Å². The average Bonchev–Trinajstić information content (AvgIpc) is 2.33. The summed E-state index contributed by atoms with van der Waals surface area (Å²) in [5, 5.41) is 0. The molecular formula is C14H20FNO2. The second kappa shape index (κ2) is 7.69. The summed E-state index contributed by atoms with van der Waals surface area (Å²) in [5.41, 5.74) is 5.64. The molecule has 0 aliphatic carbocycles. The molecule has 4 heteroatoms. The van der Waals surface area contributed by atoms with E-state index in [9.17, 15) is 9.18 Å². The first kappa shape index (κ1) is 14.5. The molecule has 0 heterocycles. The predicted molar refractivity (Wildman–Crippen MR) is 69.9 cm³/mol. The number of ether oxygens (including phenoxy) is 1. The van der Waals surface area contributed by atoms with Crippen LogP contribution in [0, 0.1) is 5.82 Å². The van der Waals surface area contributed by atoms with Crippen molar-refractivity contribution in [3.8, 4) is 0 Å². The zero-order valence-corrected chi connectivity index (χ0v) is 10.7. The minimum Gasteiger partial charge on any atom is -0.462 e. The van der Waals surface area contributed by atoms with Gasteiger partial charge in [0.25, 0.3) is 0 Å². The smallest absolute Gasteiger partial charge is 0.341 e. The van der Waals surface area contributed by atoms with Crippen LogP contribution in [0.5, 0.6) is 0 Å². The lowest BCUT2D eigenvalue weighted by atomic mass is 10.1. The molecule has 100 valence electrons. The third-order valence-electron chi connectivity index (χ3n) is 2.69. The summed E-state index contributed by atoms with van der Waals surface area (Å²) in [6, 6.07) is 3.96. The molecule has 1 rings (SSSR count). The Balaban J connectivity index is 2.32. The van der Waals surface area contributed by atoms with E-state index in [-0.39, 0.29) is 5.56 Å². The largest absolute Gasteiger partial charge is 0.462 e. The van der Waals surface area contributed by atoms with Crippen LogP contribution in [0.4, 0.5) is 10.1 Å². The van der Waals surface area contributed by atoms with E-state index in [2.05, 4.69) is 6.92 Å². The number of hydrogen-bond donors (Lipinski definition) is 1. The molecule has 1 aromatic rings. The molecule has 1 aromatic carbocycles. The second-order valence-electron chi connectivity index (χ2n) is 4.29. The van der Waals surface area contributed by atoms with Crippen molar-refractivity contribution in [1.29, 1.82) is 0 Å². The Kier molecular flexibility index (Phi) is 6.19. The van der Waals surface area contributed by atoms with Gasteiger partial charge < -0.3 is 10.5 Å². The van der Waals surface area contributed by atoms with Gasteiger partial charge in [-0.25, -0.2) is 9.18 Å². The lowest BCUT2D eigenvalue weighted by Crippen LogP contribution is -2.09. The van der Waals surface area contributed by atoms with Gasteiger partial charge in [0.2, 0.25) is 0 Å². The molecule has 0 aromatic heterocycles. The van der Waals surface area contributed by atoms with Crippen molar-refractivity contribution in [2.45, 2.75) is 39.0 Å². The highest BCUT2D eigenvalue weighted by atomic mass is 19.1. The number of rotatable bonds is 7. The van der Waals surface area contributed by atoms with Crippen LogP contribution in [0.25, 0.3) is 0 Å². The number of carbonyl (C=O) groups is 1. The lowest BCUT2D eigenvalue weighted by Gasteiger charge is -2.06. The monoisotopic (exact) mass is 253 g/mol. The Morgan fingerprint density at radius 1 is 1.28 bits per heavy atom. The Bertz CT molecular complexity index is 393. The third-order valence-corrected chi connectivity index (χ3v) is 2.69. The van der Waals surface area contributed by atoms with Gasteiger partial charge in [-0.05, 0) is 24.6 Å². The summed E-state index contributed by atoms with van der Waals surface area (Å²) in [5.74, 6) is -1.26. The van der Waals surface area contributed by atoms with Gasteiger partial charge in [-0.15, -0.1) is 0 Å². The van der Waals surface area contributed by atoms with Gasteiger partial charge in [-0.1, -0.05) is 32.6 Å². The summed E-state index contributed by atoms with van der Waals surface area (Å²) in [7, 11) is 0. The van der Waals surface area contributed by atoms with E-state index in [1.165, 1.54) is 25.0 Å². The molecular weight excluding hydrogens is 233 g/mol. The number of hydrogen-bond acceptors (Lipinski definition) is 3. The SMILES string of the molecule is CCCCCCCOC(=O)c1ccc(N)cc1F. The minimum absolute atomic E-state index is 0.0576. The first-order valence-corrected chi connectivity index (χ1v) is 6.37. The van der Waals surface area contributed by atoms with Gasteiger partial charge in [-0.2, -0.15) is 0 Å². The maximum atomic E-state index is 13.4. The molecule has 2 N–H and O–H groups in total. The van der Waals surface area contributed by atoms with E-state index < -0.39 is 11.8 Å². The van der Waals surface area contributed by atoms with E-state index >= 15 is 0 Å². The highest BCUT2D eigenvalue weighted by Gasteiger charge is 2.12. The van der Waals surface area contributed by atoms with Crippen molar-refractivity contribution in [3.63, 3.8) is 0 Å². The van der Waals surface area contributed by atoms with Crippen molar-refractivity contribution < 1.29 is 13.9 Å². The standard InChI is InChI=1S/C14H20FNO2/c1-2-3-4-5-6-9-18-14(17)12-8-7-11(16)10-13(12)15/h7-8,10H,2-6,9,16H2,1H3. The highest BCUT2D eigenvalue weighted by molar-refractivity contribution is 5.90. The van der Waals surface area contributed by atoms with Gasteiger partial charge >= 0.3 is 5.97 Å². The Morgan fingerprint density at radius 2 is 2.00 bits per heavy atom. The van der Waals surface area contributed by atoms with Gasteiger partial charge in [0.1, 0.15) is 5.82 Å². The number of nitrogen functional groups attached to an aromatic ring is 1. The first-order valence-electron chi connectivity index (χ1n) is 6.37. The normalized spacial score (nSPS) is 10.3. The van der Waals surface area contributed by atoms with E-state index in [0.29, 0.717) is 12.3 Å². The molecule has 0 unspecified atom stereocenters. The maximum absolute atomic E-state index is 13.4. The predicted octanol–water partition coefficient (Wildman–Crippen LogP) is 3.54. The van der Waals surface area contributed by atoms with Crippen LogP contribution in [-0.2, 0) is 4.74 Å². The number of carbonyl (C=O) groups excluding carboxylic acids is 1. The van der Waals surface area contributed by atoms with Crippen LogP contribution in [0.2, 0.25) is 0 Å². The molecule has 0 aliphatic rings. The van der Waals surface area contributed by atoms with Gasteiger partial charge in [0.15, 0.2) is 0 Å². The Hall–Kier alpha value is -1.58. The quantitative estimate of drug-likeness (QED) is 0.459. The van der Waals surface area contributed by atoms with Crippen LogP contribution in [0.3, 0.4) is 0 Å². The topological polar surface area (TPSA) is 52.3 Å². The van der Waals surface area contributed by atoms with Crippen molar-refractivity contribution in [2.75, 3.05) is 12.3 Å². The molecule has 0 amide bonds. The van der Waals surface area contributed by atoms with Crippen LogP contribution >= 0.6 is 0 Å². The minimum atomic E-state index is -0.633. The summed E-state index contributed by atoms with van der Waals surface area (Å²) in [6.07, 6.45) is 5.37. The molecule has 0 fully saturated rings. The molecule has 18 heavy (non-hydrogen) atoms. The number of nitrogens with two attached hydrogens (primary N) is 1. The lowest BCUT2D eigenvalue weighted by molar-refractivity contribution is 0.0492. The summed E-state index contributed by atoms with van der Waals surface area (Å²) in [6.45, 7) is 2.48. The van der Waals surface area contributed by atoms with Crippen molar-refractivity contribution in [3.05, 3.63) is 29.6 Å². The second-order valence-corrected chi connectivity index (χ2v) is 4.29. The van der Waals surface area contributed by atoms with Gasteiger partial charge in [0, 0.05) is 5.69 Å². The molecule has 0 radical (unpaired) electrons. The highest BCUT2D eigenvalue weighted by Crippen LogP contribution is 2.13. The zero-order valence-electron chi connectivity index (χ0n) is 10.7. The fourth-order valence-corrected chi connectivity index (χ4v) is 1.65. The molecule has 0 atom stereocenters. The molecule has 3 nitrogen and oxygen atoms in total. The van der Waals surface area contributed by atoms with Crippen LogP contribution in [0.15, 0.2) is 18.2 Å². The summed E-state index contributed by atoms with van der Waals surface area (Å²) < 4.78 is 18.4. The fourth-order valence-electron chi connectivity index (χ4n) is 1.65. The molecule has 0 saturated carbocycles. The Labute approximate surface area is 107 Å². The van der Waals surface area contributed by atoms with Crippen molar-refractivity contribution in [1.82, 2.24) is 0 Å². The third kappa shape index (κ3) is 4.73. The van der Waals surface area contributed by atoms with E-state index in [1.54, 1.807) is 0 Å². The summed E-state index contributed by atoms with van der Waals surface area (Å²) in [4.78, 5) is 11.6. The van der Waals surface area contributed by atoms with E-state index in [0.717, 1.165) is 25.3 Å². The van der Waals surface area contributed by atoms with E-state index in [4.69, 9.17) is 10.5 Å². The van der Waals surface area contributed by atoms with Crippen LogP contribution in [-0.4, -0.2) is 12.6 Å². The average molecular weight is 253 g/mol. The number of unbranched alkanes of at least 4 members (excludes halogenated alkanes) is 4. The first-order chi connectivity index (χ1) is 8.65. The van der Waals surface area contributed by atoms with Crippen LogP contribution in [0.1, 0.15) is 49.4 Å². The Morgan fingerprint density at radius 3 is 2.67 bits per heavy atom. The molecule has 0 bridgehead atoms.